The fraction of sp³-hybridized carbons (Fsp3) is 0.188. The Morgan fingerprint density at radius 2 is 1.70 bits per heavy atom. The molecule has 0 radical (unpaired) electrons. The lowest BCUT2D eigenvalue weighted by Crippen LogP contribution is -2.21. The second-order valence-corrected chi connectivity index (χ2v) is 5.35. The van der Waals surface area contributed by atoms with Gasteiger partial charge in [0, 0.05) is 16.4 Å². The van der Waals surface area contributed by atoms with Crippen molar-refractivity contribution in [2.45, 2.75) is 13.1 Å². The van der Waals surface area contributed by atoms with Gasteiger partial charge in [-0.25, -0.2) is 0 Å². The molecule has 0 atom stereocenters. The first-order valence-corrected chi connectivity index (χ1v) is 7.10. The van der Waals surface area contributed by atoms with E-state index < -0.39 is 11.7 Å². The molecule has 0 fully saturated rings. The van der Waals surface area contributed by atoms with Gasteiger partial charge in [-0.3, -0.25) is 4.79 Å². The summed E-state index contributed by atoms with van der Waals surface area (Å²) in [4.78, 5) is 11.8. The van der Waals surface area contributed by atoms with E-state index in [4.69, 9.17) is 11.6 Å². The Balaban J connectivity index is 1.90. The Kier molecular flexibility index (Phi) is 5.15. The zero-order valence-electron chi connectivity index (χ0n) is 12.2. The van der Waals surface area contributed by atoms with Crippen molar-refractivity contribution < 1.29 is 18.0 Å². The summed E-state index contributed by atoms with van der Waals surface area (Å²) >= 11 is 5.98. The van der Waals surface area contributed by atoms with Crippen molar-refractivity contribution in [3.05, 3.63) is 58.6 Å². The van der Waals surface area contributed by atoms with Crippen LogP contribution in [0.1, 0.15) is 11.1 Å². The molecule has 0 aliphatic rings. The molecular weight excluding hydrogens is 329 g/mol. The SMILES string of the molecule is Cc1ccc(NCC(=O)Nc2ccc(C(F)(F)F)cc2)cc1Cl. The van der Waals surface area contributed by atoms with E-state index in [2.05, 4.69) is 10.6 Å². The predicted octanol–water partition coefficient (Wildman–Crippen LogP) is 4.72. The first kappa shape index (κ1) is 17.1. The number of anilines is 2. The Labute approximate surface area is 136 Å². The van der Waals surface area contributed by atoms with Gasteiger partial charge in [0.05, 0.1) is 12.1 Å². The number of hydrogen-bond acceptors (Lipinski definition) is 2. The number of alkyl halides is 3. The number of carbonyl (C=O) groups is 1. The number of hydrogen-bond donors (Lipinski definition) is 2. The Morgan fingerprint density at radius 1 is 1.09 bits per heavy atom. The number of aryl methyl sites for hydroxylation is 1. The molecule has 0 saturated carbocycles. The highest BCUT2D eigenvalue weighted by Crippen LogP contribution is 2.29. The minimum atomic E-state index is -4.39. The second kappa shape index (κ2) is 6.91. The van der Waals surface area contributed by atoms with Gasteiger partial charge in [0.15, 0.2) is 0 Å². The van der Waals surface area contributed by atoms with Crippen molar-refractivity contribution in [1.82, 2.24) is 0 Å². The second-order valence-electron chi connectivity index (χ2n) is 4.94. The molecular formula is C16H14ClF3N2O. The van der Waals surface area contributed by atoms with Crippen LogP contribution in [-0.4, -0.2) is 12.5 Å². The van der Waals surface area contributed by atoms with Crippen LogP contribution >= 0.6 is 11.6 Å². The average Bonchev–Trinajstić information content (AvgIpc) is 2.48. The summed E-state index contributed by atoms with van der Waals surface area (Å²) in [7, 11) is 0. The van der Waals surface area contributed by atoms with E-state index in [1.807, 2.05) is 13.0 Å². The van der Waals surface area contributed by atoms with Gasteiger partial charge in [-0.15, -0.1) is 0 Å². The van der Waals surface area contributed by atoms with Crippen LogP contribution < -0.4 is 10.6 Å². The third-order valence-corrected chi connectivity index (χ3v) is 3.53. The van der Waals surface area contributed by atoms with Gasteiger partial charge in [0.2, 0.25) is 5.91 Å². The number of carbonyl (C=O) groups excluding carboxylic acids is 1. The molecule has 3 nitrogen and oxygen atoms in total. The zero-order chi connectivity index (χ0) is 17.0. The van der Waals surface area contributed by atoms with Crippen LogP contribution in [0.5, 0.6) is 0 Å². The van der Waals surface area contributed by atoms with Crippen LogP contribution in [0.4, 0.5) is 24.5 Å². The molecule has 0 aliphatic carbocycles. The van der Waals surface area contributed by atoms with Crippen molar-refractivity contribution in [3.8, 4) is 0 Å². The highest BCUT2D eigenvalue weighted by molar-refractivity contribution is 6.31. The molecule has 2 aromatic rings. The average molecular weight is 343 g/mol. The summed E-state index contributed by atoms with van der Waals surface area (Å²) in [5.41, 5.74) is 1.14. The maximum Gasteiger partial charge on any atom is 0.416 e. The minimum absolute atomic E-state index is 0.0274. The highest BCUT2D eigenvalue weighted by atomic mass is 35.5. The van der Waals surface area contributed by atoms with Crippen LogP contribution in [0.3, 0.4) is 0 Å². The predicted molar refractivity (Wildman–Crippen MR) is 84.8 cm³/mol. The fourth-order valence-electron chi connectivity index (χ4n) is 1.83. The van der Waals surface area contributed by atoms with Gasteiger partial charge in [-0.1, -0.05) is 17.7 Å². The summed E-state index contributed by atoms with van der Waals surface area (Å²) in [6, 6.07) is 9.56. The molecule has 0 saturated heterocycles. The molecule has 2 aromatic carbocycles. The van der Waals surface area contributed by atoms with E-state index in [0.29, 0.717) is 16.4 Å². The topological polar surface area (TPSA) is 41.1 Å². The van der Waals surface area contributed by atoms with Crippen molar-refractivity contribution in [1.29, 1.82) is 0 Å². The van der Waals surface area contributed by atoms with Gasteiger partial charge in [-0.05, 0) is 48.9 Å². The van der Waals surface area contributed by atoms with Crippen LogP contribution in [0.15, 0.2) is 42.5 Å². The molecule has 1 amide bonds. The van der Waals surface area contributed by atoms with E-state index >= 15 is 0 Å². The van der Waals surface area contributed by atoms with E-state index in [-0.39, 0.29) is 12.5 Å². The lowest BCUT2D eigenvalue weighted by atomic mass is 10.2. The van der Waals surface area contributed by atoms with E-state index in [0.717, 1.165) is 17.7 Å². The van der Waals surface area contributed by atoms with Crippen molar-refractivity contribution >= 4 is 28.9 Å². The number of halogens is 4. The van der Waals surface area contributed by atoms with Crippen molar-refractivity contribution in [2.24, 2.45) is 0 Å². The third kappa shape index (κ3) is 4.89. The van der Waals surface area contributed by atoms with Crippen LogP contribution in [0, 0.1) is 6.92 Å². The van der Waals surface area contributed by atoms with Crippen molar-refractivity contribution in [3.63, 3.8) is 0 Å². The zero-order valence-corrected chi connectivity index (χ0v) is 12.9. The molecule has 0 bridgehead atoms. The monoisotopic (exact) mass is 342 g/mol. The van der Waals surface area contributed by atoms with E-state index in [9.17, 15) is 18.0 Å². The number of benzene rings is 2. The van der Waals surface area contributed by atoms with Gasteiger partial charge < -0.3 is 10.6 Å². The van der Waals surface area contributed by atoms with E-state index in [1.165, 1.54) is 12.1 Å². The molecule has 0 aromatic heterocycles. The largest absolute Gasteiger partial charge is 0.416 e. The lowest BCUT2D eigenvalue weighted by molar-refractivity contribution is -0.137. The number of nitrogens with one attached hydrogen (secondary N) is 2. The van der Waals surface area contributed by atoms with Crippen LogP contribution in [-0.2, 0) is 11.0 Å². The van der Waals surface area contributed by atoms with Crippen molar-refractivity contribution in [2.75, 3.05) is 17.2 Å². The molecule has 2 N–H and O–H groups in total. The molecule has 0 heterocycles. The molecule has 0 unspecified atom stereocenters. The van der Waals surface area contributed by atoms with Gasteiger partial charge >= 0.3 is 6.18 Å². The van der Waals surface area contributed by atoms with Gasteiger partial charge in [0.1, 0.15) is 0 Å². The molecule has 2 rings (SSSR count). The molecule has 7 heteroatoms. The van der Waals surface area contributed by atoms with Crippen LogP contribution in [0.25, 0.3) is 0 Å². The Hall–Kier alpha value is -2.21. The fourth-order valence-corrected chi connectivity index (χ4v) is 2.01. The smallest absolute Gasteiger partial charge is 0.376 e. The lowest BCUT2D eigenvalue weighted by Gasteiger charge is -2.10. The maximum atomic E-state index is 12.4. The molecule has 122 valence electrons. The van der Waals surface area contributed by atoms with E-state index in [1.54, 1.807) is 12.1 Å². The first-order valence-electron chi connectivity index (χ1n) is 6.73. The molecule has 0 aliphatic heterocycles. The standard InChI is InChI=1S/C16H14ClF3N2O/c1-10-2-5-13(8-14(10)17)21-9-15(23)22-12-6-3-11(4-7-12)16(18,19)20/h2-8,21H,9H2,1H3,(H,22,23). The minimum Gasteiger partial charge on any atom is -0.376 e. The Bertz CT molecular complexity index is 699. The maximum absolute atomic E-state index is 12.4. The normalized spacial score (nSPS) is 11.2. The highest BCUT2D eigenvalue weighted by Gasteiger charge is 2.29. The van der Waals surface area contributed by atoms with Gasteiger partial charge in [-0.2, -0.15) is 13.2 Å². The summed E-state index contributed by atoms with van der Waals surface area (Å²) in [5.74, 6) is -0.374. The summed E-state index contributed by atoms with van der Waals surface area (Å²) < 4.78 is 37.3. The summed E-state index contributed by atoms with van der Waals surface area (Å²) in [5, 5.41) is 5.99. The number of amides is 1. The molecule has 23 heavy (non-hydrogen) atoms. The first-order chi connectivity index (χ1) is 10.8. The van der Waals surface area contributed by atoms with Gasteiger partial charge in [0.25, 0.3) is 0 Å². The van der Waals surface area contributed by atoms with Crippen LogP contribution in [0.2, 0.25) is 5.02 Å². The quantitative estimate of drug-likeness (QED) is 0.844. The number of rotatable bonds is 4. The summed E-state index contributed by atoms with van der Waals surface area (Å²) in [6.07, 6.45) is -4.39. The Morgan fingerprint density at radius 3 is 2.26 bits per heavy atom. The molecule has 0 spiro atoms. The third-order valence-electron chi connectivity index (χ3n) is 3.12. The summed E-state index contributed by atoms with van der Waals surface area (Å²) in [6.45, 7) is 1.84.